The van der Waals surface area contributed by atoms with Gasteiger partial charge < -0.3 is 9.84 Å². The first-order chi connectivity index (χ1) is 8.67. The van der Waals surface area contributed by atoms with Gasteiger partial charge in [0.15, 0.2) is 0 Å². The molecular weight excluding hydrogens is 232 g/mol. The van der Waals surface area contributed by atoms with Gasteiger partial charge in [0.2, 0.25) is 5.88 Å². The van der Waals surface area contributed by atoms with Crippen molar-refractivity contribution in [1.82, 2.24) is 9.88 Å². The largest absolute Gasteiger partial charge is 0.481 e. The highest BCUT2D eigenvalue weighted by Gasteiger charge is 2.24. The molecule has 1 aromatic heterocycles. The molecule has 2 rings (SSSR count). The number of carbonyl (C=O) groups is 1. The van der Waals surface area contributed by atoms with Gasteiger partial charge in [-0.25, -0.2) is 4.98 Å². The first-order valence-electron chi connectivity index (χ1n) is 6.11. The second-order valence-electron chi connectivity index (χ2n) is 4.66. The minimum Gasteiger partial charge on any atom is -0.481 e. The number of hydrogen-bond donors (Lipinski definition) is 1. The van der Waals surface area contributed by atoms with Crippen LogP contribution < -0.4 is 4.74 Å². The second kappa shape index (κ2) is 5.82. The lowest BCUT2D eigenvalue weighted by molar-refractivity contribution is -0.138. The molecule has 0 spiro atoms. The number of likely N-dealkylation sites (tertiary alicyclic amines) is 1. The van der Waals surface area contributed by atoms with E-state index in [2.05, 4.69) is 9.88 Å². The Morgan fingerprint density at radius 1 is 1.61 bits per heavy atom. The summed E-state index contributed by atoms with van der Waals surface area (Å²) in [5.41, 5.74) is 0.963. The molecular formula is C13H18N2O3. The quantitative estimate of drug-likeness (QED) is 0.855. The molecule has 98 valence electrons. The predicted octanol–water partition coefficient (Wildman–Crippen LogP) is 1.39. The van der Waals surface area contributed by atoms with Crippen molar-refractivity contribution < 1.29 is 14.6 Å². The Labute approximate surface area is 106 Å². The topological polar surface area (TPSA) is 62.7 Å². The van der Waals surface area contributed by atoms with E-state index in [0.29, 0.717) is 5.88 Å². The number of methoxy groups -OCH3 is 1. The average molecular weight is 250 g/mol. The Morgan fingerprint density at radius 2 is 2.44 bits per heavy atom. The number of hydrogen-bond acceptors (Lipinski definition) is 4. The minimum atomic E-state index is -0.707. The molecule has 1 fully saturated rings. The van der Waals surface area contributed by atoms with E-state index in [9.17, 15) is 4.79 Å². The summed E-state index contributed by atoms with van der Waals surface area (Å²) in [5, 5.41) is 8.77. The van der Waals surface area contributed by atoms with E-state index in [1.165, 1.54) is 0 Å². The fourth-order valence-corrected chi connectivity index (χ4v) is 2.36. The molecule has 0 aromatic carbocycles. The number of nitrogens with zero attached hydrogens (tertiary/aromatic N) is 2. The molecule has 5 nitrogen and oxygen atoms in total. The van der Waals surface area contributed by atoms with Gasteiger partial charge in [0.25, 0.3) is 0 Å². The molecule has 0 aliphatic carbocycles. The van der Waals surface area contributed by atoms with Gasteiger partial charge in [-0.2, -0.15) is 0 Å². The van der Waals surface area contributed by atoms with E-state index < -0.39 is 5.97 Å². The fourth-order valence-electron chi connectivity index (χ4n) is 2.36. The van der Waals surface area contributed by atoms with Crippen molar-refractivity contribution in [3.05, 3.63) is 23.9 Å². The molecule has 1 unspecified atom stereocenters. The van der Waals surface area contributed by atoms with Crippen LogP contribution in [0.15, 0.2) is 18.2 Å². The number of carboxylic acid groups (broad SMARTS) is 1. The fraction of sp³-hybridized carbons (Fsp3) is 0.538. The zero-order chi connectivity index (χ0) is 13.0. The van der Waals surface area contributed by atoms with Gasteiger partial charge in [-0.3, -0.25) is 9.69 Å². The molecule has 0 amide bonds. The Balaban J connectivity index is 1.88. The van der Waals surface area contributed by atoms with Gasteiger partial charge in [0.1, 0.15) is 0 Å². The number of pyridine rings is 1. The molecule has 0 bridgehead atoms. The molecule has 1 aromatic rings. The lowest BCUT2D eigenvalue weighted by atomic mass is 10.1. The summed E-state index contributed by atoms with van der Waals surface area (Å²) in [4.78, 5) is 17.3. The number of rotatable bonds is 5. The van der Waals surface area contributed by atoms with E-state index in [4.69, 9.17) is 9.84 Å². The number of carboxylic acids is 1. The SMILES string of the molecule is COc1cccc(CN2CCC(CC(=O)O)C2)n1. The van der Waals surface area contributed by atoms with Crippen LogP contribution in [-0.2, 0) is 11.3 Å². The van der Waals surface area contributed by atoms with Crippen LogP contribution in [0.4, 0.5) is 0 Å². The molecule has 0 saturated carbocycles. The molecule has 0 radical (unpaired) electrons. The molecule has 1 atom stereocenters. The third-order valence-electron chi connectivity index (χ3n) is 3.21. The highest BCUT2D eigenvalue weighted by atomic mass is 16.5. The maximum absolute atomic E-state index is 10.7. The van der Waals surface area contributed by atoms with Crippen LogP contribution in [0.2, 0.25) is 0 Å². The van der Waals surface area contributed by atoms with Crippen molar-refractivity contribution in [2.45, 2.75) is 19.4 Å². The van der Waals surface area contributed by atoms with Crippen molar-refractivity contribution in [2.24, 2.45) is 5.92 Å². The molecule has 2 heterocycles. The third-order valence-corrected chi connectivity index (χ3v) is 3.21. The van der Waals surface area contributed by atoms with Crippen LogP contribution >= 0.6 is 0 Å². The van der Waals surface area contributed by atoms with Crippen molar-refractivity contribution in [3.8, 4) is 5.88 Å². The van der Waals surface area contributed by atoms with Gasteiger partial charge in [-0.1, -0.05) is 6.07 Å². The van der Waals surface area contributed by atoms with Gasteiger partial charge >= 0.3 is 5.97 Å². The Hall–Kier alpha value is -1.62. The number of aliphatic carboxylic acids is 1. The predicted molar refractivity (Wildman–Crippen MR) is 66.4 cm³/mol. The smallest absolute Gasteiger partial charge is 0.303 e. The van der Waals surface area contributed by atoms with Crippen LogP contribution in [0.25, 0.3) is 0 Å². The van der Waals surface area contributed by atoms with E-state index >= 15 is 0 Å². The zero-order valence-electron chi connectivity index (χ0n) is 10.5. The van der Waals surface area contributed by atoms with Crippen LogP contribution in [0, 0.1) is 5.92 Å². The molecule has 1 saturated heterocycles. The van der Waals surface area contributed by atoms with Gasteiger partial charge in [-0.15, -0.1) is 0 Å². The Morgan fingerprint density at radius 3 is 3.17 bits per heavy atom. The summed E-state index contributed by atoms with van der Waals surface area (Å²) < 4.78 is 5.09. The first-order valence-corrected chi connectivity index (χ1v) is 6.11. The Bertz CT molecular complexity index is 422. The van der Waals surface area contributed by atoms with Crippen LogP contribution in [0.1, 0.15) is 18.5 Å². The van der Waals surface area contributed by atoms with Crippen LogP contribution in [0.5, 0.6) is 5.88 Å². The summed E-state index contributed by atoms with van der Waals surface area (Å²) in [5.74, 6) is 0.184. The van der Waals surface area contributed by atoms with E-state index in [1.807, 2.05) is 18.2 Å². The van der Waals surface area contributed by atoms with E-state index in [1.54, 1.807) is 7.11 Å². The second-order valence-corrected chi connectivity index (χ2v) is 4.66. The highest BCUT2D eigenvalue weighted by molar-refractivity contribution is 5.67. The number of ether oxygens (including phenoxy) is 1. The third kappa shape index (κ3) is 3.43. The molecule has 1 aliphatic heterocycles. The lowest BCUT2D eigenvalue weighted by Gasteiger charge is -2.15. The average Bonchev–Trinajstić information content (AvgIpc) is 2.76. The minimum absolute atomic E-state index is 0.266. The maximum atomic E-state index is 10.7. The summed E-state index contributed by atoms with van der Waals surface area (Å²) in [6.07, 6.45) is 1.22. The van der Waals surface area contributed by atoms with Gasteiger partial charge in [0, 0.05) is 25.6 Å². The monoisotopic (exact) mass is 250 g/mol. The van der Waals surface area contributed by atoms with Gasteiger partial charge in [-0.05, 0) is 24.9 Å². The molecule has 1 N–H and O–H groups in total. The molecule has 5 heteroatoms. The normalized spacial score (nSPS) is 19.9. The first kappa shape index (κ1) is 12.8. The van der Waals surface area contributed by atoms with Crippen molar-refractivity contribution in [1.29, 1.82) is 0 Å². The highest BCUT2D eigenvalue weighted by Crippen LogP contribution is 2.21. The van der Waals surface area contributed by atoms with E-state index in [0.717, 1.165) is 31.7 Å². The lowest BCUT2D eigenvalue weighted by Crippen LogP contribution is -2.21. The Kier molecular flexibility index (Phi) is 4.15. The molecule has 1 aliphatic rings. The van der Waals surface area contributed by atoms with Crippen molar-refractivity contribution in [3.63, 3.8) is 0 Å². The van der Waals surface area contributed by atoms with Crippen molar-refractivity contribution in [2.75, 3.05) is 20.2 Å². The van der Waals surface area contributed by atoms with Gasteiger partial charge in [0.05, 0.1) is 12.8 Å². The summed E-state index contributed by atoms with van der Waals surface area (Å²) in [7, 11) is 1.60. The van der Waals surface area contributed by atoms with E-state index in [-0.39, 0.29) is 12.3 Å². The zero-order valence-corrected chi connectivity index (χ0v) is 10.5. The number of aromatic nitrogens is 1. The van der Waals surface area contributed by atoms with Crippen molar-refractivity contribution >= 4 is 5.97 Å². The summed E-state index contributed by atoms with van der Waals surface area (Å²) in [6.45, 7) is 2.54. The summed E-state index contributed by atoms with van der Waals surface area (Å²) in [6, 6.07) is 5.71. The summed E-state index contributed by atoms with van der Waals surface area (Å²) >= 11 is 0. The van der Waals surface area contributed by atoms with Crippen LogP contribution in [-0.4, -0.2) is 41.2 Å². The standard InChI is InChI=1S/C13H18N2O3/c1-18-12-4-2-3-11(14-12)9-15-6-5-10(8-15)7-13(16)17/h2-4,10H,5-9H2,1H3,(H,16,17). The van der Waals surface area contributed by atoms with Crippen LogP contribution in [0.3, 0.4) is 0 Å². The molecule has 18 heavy (non-hydrogen) atoms. The maximum Gasteiger partial charge on any atom is 0.303 e.